The van der Waals surface area contributed by atoms with E-state index in [9.17, 15) is 5.11 Å². The van der Waals surface area contributed by atoms with Gasteiger partial charge in [-0.2, -0.15) is 0 Å². The maximum absolute atomic E-state index is 9.60. The zero-order chi connectivity index (χ0) is 9.80. The van der Waals surface area contributed by atoms with Crippen LogP contribution in [0.15, 0.2) is 0 Å². The number of aliphatic hydroxyl groups is 1. The van der Waals surface area contributed by atoms with Crippen LogP contribution in [0.4, 0.5) is 0 Å². The molecule has 0 radical (unpaired) electrons. The highest BCUT2D eigenvalue weighted by Gasteiger charge is 2.24. The Morgan fingerprint density at radius 1 is 1.43 bits per heavy atom. The third-order valence-electron chi connectivity index (χ3n) is 3.07. The van der Waals surface area contributed by atoms with Crippen molar-refractivity contribution in [2.75, 3.05) is 39.4 Å². The zero-order valence-electron chi connectivity index (χ0n) is 8.61. The van der Waals surface area contributed by atoms with Gasteiger partial charge in [0.05, 0.1) is 19.3 Å². The van der Waals surface area contributed by atoms with E-state index in [1.54, 1.807) is 0 Å². The molecular formula is C10H20N2O2. The van der Waals surface area contributed by atoms with Gasteiger partial charge >= 0.3 is 0 Å². The van der Waals surface area contributed by atoms with Crippen molar-refractivity contribution in [3.8, 4) is 0 Å². The highest BCUT2D eigenvalue weighted by atomic mass is 16.5. The van der Waals surface area contributed by atoms with Crippen molar-refractivity contribution in [1.29, 1.82) is 0 Å². The van der Waals surface area contributed by atoms with E-state index in [4.69, 9.17) is 4.74 Å². The molecule has 0 bridgehead atoms. The number of rotatable bonds is 1. The Morgan fingerprint density at radius 2 is 2.36 bits per heavy atom. The van der Waals surface area contributed by atoms with Crippen molar-refractivity contribution in [1.82, 2.24) is 10.2 Å². The monoisotopic (exact) mass is 200 g/mol. The first-order valence-electron chi connectivity index (χ1n) is 5.57. The number of aliphatic hydroxyl groups excluding tert-OH is 1. The molecule has 0 aromatic carbocycles. The predicted octanol–water partition coefficient (Wildman–Crippen LogP) is -0.568. The van der Waals surface area contributed by atoms with E-state index in [1.165, 1.54) is 12.8 Å². The van der Waals surface area contributed by atoms with E-state index in [1.807, 2.05) is 0 Å². The summed E-state index contributed by atoms with van der Waals surface area (Å²) in [7, 11) is 0. The summed E-state index contributed by atoms with van der Waals surface area (Å²) < 4.78 is 5.32. The fourth-order valence-electron chi connectivity index (χ4n) is 2.29. The number of hydrogen-bond donors (Lipinski definition) is 2. The van der Waals surface area contributed by atoms with Gasteiger partial charge in [0, 0.05) is 25.7 Å². The molecule has 2 unspecified atom stereocenters. The molecule has 0 spiro atoms. The number of hydrogen-bond acceptors (Lipinski definition) is 4. The van der Waals surface area contributed by atoms with Crippen LogP contribution in [-0.2, 0) is 4.74 Å². The summed E-state index contributed by atoms with van der Waals surface area (Å²) in [6.45, 7) is 5.19. The smallest absolute Gasteiger partial charge is 0.0900 e. The molecule has 0 saturated carbocycles. The Morgan fingerprint density at radius 3 is 3.14 bits per heavy atom. The summed E-state index contributed by atoms with van der Waals surface area (Å²) in [6, 6.07) is 0.597. The lowest BCUT2D eigenvalue weighted by Gasteiger charge is -2.34. The minimum absolute atomic E-state index is 0.306. The van der Waals surface area contributed by atoms with Gasteiger partial charge in [-0.15, -0.1) is 0 Å². The molecule has 2 rings (SSSR count). The maximum atomic E-state index is 9.60. The summed E-state index contributed by atoms with van der Waals surface area (Å²) in [6.07, 6.45) is 2.19. The van der Waals surface area contributed by atoms with Gasteiger partial charge in [0.1, 0.15) is 0 Å². The first-order valence-corrected chi connectivity index (χ1v) is 5.57. The normalized spacial score (nSPS) is 36.6. The summed E-state index contributed by atoms with van der Waals surface area (Å²) in [4.78, 5) is 2.36. The molecule has 4 heteroatoms. The molecule has 2 saturated heterocycles. The fourth-order valence-corrected chi connectivity index (χ4v) is 2.29. The van der Waals surface area contributed by atoms with Crippen LogP contribution in [0.3, 0.4) is 0 Å². The molecule has 0 aromatic rings. The third kappa shape index (κ3) is 2.67. The Labute approximate surface area is 85.2 Å². The van der Waals surface area contributed by atoms with Crippen LogP contribution in [0.5, 0.6) is 0 Å². The number of nitrogens with zero attached hydrogens (tertiary/aromatic N) is 1. The first-order chi connectivity index (χ1) is 6.86. The van der Waals surface area contributed by atoms with Crippen LogP contribution in [0.1, 0.15) is 12.8 Å². The molecular weight excluding hydrogens is 180 g/mol. The SMILES string of the molecule is OC1COCCN(C2CCCNC2)C1. The van der Waals surface area contributed by atoms with E-state index in [2.05, 4.69) is 10.2 Å². The molecule has 2 fully saturated rings. The minimum atomic E-state index is -0.306. The molecule has 0 amide bonds. The van der Waals surface area contributed by atoms with Gasteiger partial charge in [0.2, 0.25) is 0 Å². The highest BCUT2D eigenvalue weighted by molar-refractivity contribution is 4.81. The molecule has 0 aliphatic carbocycles. The topological polar surface area (TPSA) is 44.7 Å². The largest absolute Gasteiger partial charge is 0.389 e. The number of β-amino-alcohol motifs (C(OH)–C–C–N with tert-alkyl or cyclic N) is 1. The number of nitrogens with one attached hydrogen (secondary N) is 1. The molecule has 2 heterocycles. The maximum Gasteiger partial charge on any atom is 0.0900 e. The Balaban J connectivity index is 1.87. The van der Waals surface area contributed by atoms with E-state index < -0.39 is 0 Å². The van der Waals surface area contributed by atoms with Crippen LogP contribution in [0, 0.1) is 0 Å². The lowest BCUT2D eigenvalue weighted by molar-refractivity contribution is 0.0534. The quantitative estimate of drug-likeness (QED) is 0.595. The van der Waals surface area contributed by atoms with E-state index >= 15 is 0 Å². The second-order valence-corrected chi connectivity index (χ2v) is 4.22. The lowest BCUT2D eigenvalue weighted by atomic mass is 10.1. The van der Waals surface area contributed by atoms with Crippen LogP contribution < -0.4 is 5.32 Å². The summed E-state index contributed by atoms with van der Waals surface area (Å²) in [5, 5.41) is 13.0. The molecule has 0 aromatic heterocycles. The van der Waals surface area contributed by atoms with Crippen molar-refractivity contribution >= 4 is 0 Å². The van der Waals surface area contributed by atoms with Crippen molar-refractivity contribution in [2.45, 2.75) is 25.0 Å². The van der Waals surface area contributed by atoms with Gasteiger partial charge in [-0.3, -0.25) is 4.90 Å². The van der Waals surface area contributed by atoms with E-state index in [0.717, 1.165) is 32.8 Å². The zero-order valence-corrected chi connectivity index (χ0v) is 8.61. The Kier molecular flexibility index (Phi) is 3.75. The Bertz CT molecular complexity index is 172. The second-order valence-electron chi connectivity index (χ2n) is 4.22. The van der Waals surface area contributed by atoms with Gasteiger partial charge in [0.15, 0.2) is 0 Å². The van der Waals surface area contributed by atoms with Gasteiger partial charge in [-0.05, 0) is 19.4 Å². The van der Waals surface area contributed by atoms with Crippen molar-refractivity contribution in [2.24, 2.45) is 0 Å². The summed E-state index contributed by atoms with van der Waals surface area (Å²) >= 11 is 0. The van der Waals surface area contributed by atoms with Crippen molar-refractivity contribution in [3.63, 3.8) is 0 Å². The summed E-state index contributed by atoms with van der Waals surface area (Å²) in [5.74, 6) is 0. The molecule has 2 atom stereocenters. The standard InChI is InChI=1S/C10H20N2O2/c13-10-7-12(4-5-14-8-10)9-2-1-3-11-6-9/h9-11,13H,1-8H2. The molecule has 2 aliphatic rings. The molecule has 2 aliphatic heterocycles. The lowest BCUT2D eigenvalue weighted by Crippen LogP contribution is -2.48. The highest BCUT2D eigenvalue weighted by Crippen LogP contribution is 2.12. The van der Waals surface area contributed by atoms with Crippen molar-refractivity contribution < 1.29 is 9.84 Å². The predicted molar refractivity (Wildman–Crippen MR) is 54.3 cm³/mol. The molecule has 2 N–H and O–H groups in total. The van der Waals surface area contributed by atoms with Gasteiger partial charge in [-0.1, -0.05) is 0 Å². The van der Waals surface area contributed by atoms with Crippen LogP contribution in [-0.4, -0.2) is 61.5 Å². The number of ether oxygens (including phenoxy) is 1. The average Bonchev–Trinajstić information content (AvgIpc) is 2.44. The Hall–Kier alpha value is -0.160. The molecule has 82 valence electrons. The molecule has 4 nitrogen and oxygen atoms in total. The van der Waals surface area contributed by atoms with E-state index in [-0.39, 0.29) is 6.10 Å². The van der Waals surface area contributed by atoms with Gasteiger partial charge < -0.3 is 15.2 Å². The third-order valence-corrected chi connectivity index (χ3v) is 3.07. The van der Waals surface area contributed by atoms with Gasteiger partial charge in [-0.25, -0.2) is 0 Å². The first kappa shape index (κ1) is 10.4. The fraction of sp³-hybridized carbons (Fsp3) is 1.00. The van der Waals surface area contributed by atoms with Crippen molar-refractivity contribution in [3.05, 3.63) is 0 Å². The van der Waals surface area contributed by atoms with Crippen LogP contribution in [0.25, 0.3) is 0 Å². The average molecular weight is 200 g/mol. The van der Waals surface area contributed by atoms with Crippen LogP contribution in [0.2, 0.25) is 0 Å². The second kappa shape index (κ2) is 5.07. The number of piperidine rings is 1. The van der Waals surface area contributed by atoms with E-state index in [0.29, 0.717) is 12.6 Å². The minimum Gasteiger partial charge on any atom is -0.389 e. The van der Waals surface area contributed by atoms with Gasteiger partial charge in [0.25, 0.3) is 0 Å². The van der Waals surface area contributed by atoms with Crippen LogP contribution >= 0.6 is 0 Å². The molecule has 14 heavy (non-hydrogen) atoms. The summed E-state index contributed by atoms with van der Waals surface area (Å²) in [5.41, 5.74) is 0.